The Morgan fingerprint density at radius 1 is 1.22 bits per heavy atom. The van der Waals surface area contributed by atoms with E-state index >= 15 is 0 Å². The lowest BCUT2D eigenvalue weighted by Gasteiger charge is -2.33. The number of nitrogen functional groups attached to an aromatic ring is 1. The van der Waals surface area contributed by atoms with Crippen LogP contribution >= 0.6 is 0 Å². The van der Waals surface area contributed by atoms with Gasteiger partial charge < -0.3 is 19.6 Å². The maximum atomic E-state index is 12.9. The van der Waals surface area contributed by atoms with Crippen LogP contribution in [0.1, 0.15) is 17.9 Å². The molecular formula is C18H19N9O4S. The number of furan rings is 1. The lowest BCUT2D eigenvalue weighted by molar-refractivity contribution is 0.363. The third-order valence-corrected chi connectivity index (χ3v) is 7.60. The van der Waals surface area contributed by atoms with Crippen molar-refractivity contribution >= 4 is 27.7 Å². The van der Waals surface area contributed by atoms with E-state index in [4.69, 9.17) is 14.7 Å². The van der Waals surface area contributed by atoms with Gasteiger partial charge in [-0.25, -0.2) is 8.42 Å². The summed E-state index contributed by atoms with van der Waals surface area (Å²) in [5, 5.41) is 8.11. The number of sulfonamides is 1. The third-order valence-electron chi connectivity index (χ3n) is 5.77. The topological polar surface area (TPSA) is 162 Å². The highest BCUT2D eigenvalue weighted by molar-refractivity contribution is 7.88. The van der Waals surface area contributed by atoms with Crippen molar-refractivity contribution in [1.82, 2.24) is 34.0 Å². The summed E-state index contributed by atoms with van der Waals surface area (Å²) in [5.74, 6) is 2.11. The molecule has 2 atom stereocenters. The van der Waals surface area contributed by atoms with E-state index in [1.165, 1.54) is 10.8 Å². The van der Waals surface area contributed by atoms with Crippen LogP contribution in [0.15, 0.2) is 33.4 Å². The number of nitrogens with zero attached hydrogens (tertiary/aromatic N) is 8. The van der Waals surface area contributed by atoms with Crippen LogP contribution in [0.25, 0.3) is 17.4 Å². The standard InChI is InChI=1S/C18H19N9O4S/c1-10-5-11(24-31-10)9-32(28,29)26-8-12-6-13(26)7-25(12)17-21-16(19)27-18(22-17)20-15(23-27)14-3-2-4-30-14/h2-5,12-13H,6-9H2,1H3,(H2,19,20,21,22,23). The fourth-order valence-electron chi connectivity index (χ4n) is 4.40. The van der Waals surface area contributed by atoms with Crippen molar-refractivity contribution in [2.75, 3.05) is 23.7 Å². The van der Waals surface area contributed by atoms with Gasteiger partial charge >= 0.3 is 0 Å². The summed E-state index contributed by atoms with van der Waals surface area (Å²) in [6.07, 6.45) is 2.22. The number of fused-ring (bicyclic) bond motifs is 3. The average molecular weight is 457 g/mol. The first-order chi connectivity index (χ1) is 15.4. The third kappa shape index (κ3) is 3.02. The Morgan fingerprint density at radius 2 is 2.09 bits per heavy atom. The molecule has 2 aliphatic heterocycles. The second-order valence-corrected chi connectivity index (χ2v) is 9.88. The lowest BCUT2D eigenvalue weighted by Crippen LogP contribution is -2.49. The minimum Gasteiger partial charge on any atom is -0.461 e. The van der Waals surface area contributed by atoms with Gasteiger partial charge in [0.05, 0.1) is 6.26 Å². The molecule has 0 radical (unpaired) electrons. The summed E-state index contributed by atoms with van der Waals surface area (Å²) >= 11 is 0. The molecule has 0 spiro atoms. The van der Waals surface area contributed by atoms with Crippen LogP contribution < -0.4 is 10.6 Å². The molecule has 0 saturated carbocycles. The van der Waals surface area contributed by atoms with Gasteiger partial charge in [-0.3, -0.25) is 0 Å². The number of piperazine rings is 1. The zero-order valence-electron chi connectivity index (χ0n) is 17.0. The predicted molar refractivity (Wildman–Crippen MR) is 111 cm³/mol. The molecule has 32 heavy (non-hydrogen) atoms. The molecule has 2 unspecified atom stereocenters. The average Bonchev–Trinajstić information content (AvgIpc) is 3.54. The van der Waals surface area contributed by atoms with Crippen molar-refractivity contribution in [3.05, 3.63) is 35.9 Å². The molecule has 0 amide bonds. The molecule has 4 aromatic rings. The number of hydrogen-bond donors (Lipinski definition) is 1. The van der Waals surface area contributed by atoms with Crippen molar-refractivity contribution in [2.45, 2.75) is 31.2 Å². The first-order valence-corrected chi connectivity index (χ1v) is 11.6. The van der Waals surface area contributed by atoms with Gasteiger partial charge in [-0.2, -0.15) is 23.8 Å². The van der Waals surface area contributed by atoms with Crippen LogP contribution in [0.3, 0.4) is 0 Å². The van der Waals surface area contributed by atoms with Crippen LogP contribution in [0, 0.1) is 6.92 Å². The molecule has 2 bridgehead atoms. The highest BCUT2D eigenvalue weighted by Gasteiger charge is 2.49. The predicted octanol–water partition coefficient (Wildman–Crippen LogP) is 0.451. The molecule has 0 aromatic carbocycles. The second-order valence-electron chi connectivity index (χ2n) is 7.96. The molecule has 166 valence electrons. The fourth-order valence-corrected chi connectivity index (χ4v) is 6.09. The van der Waals surface area contributed by atoms with E-state index in [9.17, 15) is 8.42 Å². The summed E-state index contributed by atoms with van der Waals surface area (Å²) < 4.78 is 39.1. The van der Waals surface area contributed by atoms with Gasteiger partial charge in [0.25, 0.3) is 5.78 Å². The molecule has 6 rings (SSSR count). The van der Waals surface area contributed by atoms with Gasteiger partial charge in [0.15, 0.2) is 5.76 Å². The number of rotatable bonds is 5. The van der Waals surface area contributed by atoms with Crippen molar-refractivity contribution in [1.29, 1.82) is 0 Å². The van der Waals surface area contributed by atoms with E-state index in [0.717, 1.165) is 0 Å². The monoisotopic (exact) mass is 457 g/mol. The van der Waals surface area contributed by atoms with Crippen LogP contribution in [0.4, 0.5) is 11.9 Å². The van der Waals surface area contributed by atoms with Gasteiger partial charge in [-0.15, -0.1) is 5.10 Å². The largest absolute Gasteiger partial charge is 0.461 e. The van der Waals surface area contributed by atoms with Gasteiger partial charge in [-0.05, 0) is 25.5 Å². The van der Waals surface area contributed by atoms with Crippen molar-refractivity contribution in [3.8, 4) is 11.6 Å². The van der Waals surface area contributed by atoms with Crippen LogP contribution in [-0.2, 0) is 15.8 Å². The number of anilines is 2. The first-order valence-electron chi connectivity index (χ1n) is 10.00. The Morgan fingerprint density at radius 3 is 2.78 bits per heavy atom. The smallest absolute Gasteiger partial charge is 0.259 e. The Kier molecular flexibility index (Phi) is 4.04. The van der Waals surface area contributed by atoms with Crippen LogP contribution in [0.2, 0.25) is 0 Å². The maximum Gasteiger partial charge on any atom is 0.259 e. The molecule has 2 aliphatic rings. The summed E-state index contributed by atoms with van der Waals surface area (Å²) in [7, 11) is -3.52. The Bertz CT molecular complexity index is 1410. The highest BCUT2D eigenvalue weighted by Crippen LogP contribution is 2.36. The van der Waals surface area contributed by atoms with E-state index in [-0.39, 0.29) is 23.8 Å². The number of aromatic nitrogens is 6. The lowest BCUT2D eigenvalue weighted by atomic mass is 10.2. The fraction of sp³-hybridized carbons (Fsp3) is 0.389. The molecule has 2 fully saturated rings. The van der Waals surface area contributed by atoms with E-state index in [1.807, 2.05) is 4.90 Å². The summed E-state index contributed by atoms with van der Waals surface area (Å²) in [6, 6.07) is 4.90. The highest BCUT2D eigenvalue weighted by atomic mass is 32.2. The molecule has 0 aliphatic carbocycles. The first kappa shape index (κ1) is 19.2. The SMILES string of the molecule is Cc1cc(CS(=O)(=O)N2CC3CC2CN3c2nc(N)n3nc(-c4ccco4)nc3n2)no1. The van der Waals surface area contributed by atoms with E-state index in [1.54, 1.807) is 29.4 Å². The van der Waals surface area contributed by atoms with Crippen molar-refractivity contribution in [2.24, 2.45) is 0 Å². The van der Waals surface area contributed by atoms with Gasteiger partial charge in [0.1, 0.15) is 17.2 Å². The Labute approximate surface area is 181 Å². The Balaban J connectivity index is 1.24. The normalized spacial score (nSPS) is 21.2. The molecule has 14 heteroatoms. The zero-order chi connectivity index (χ0) is 22.0. The van der Waals surface area contributed by atoms with E-state index in [0.29, 0.717) is 54.3 Å². The number of aryl methyl sites for hydroxylation is 1. The van der Waals surface area contributed by atoms with Gasteiger partial charge in [0, 0.05) is 31.2 Å². The molecule has 2 saturated heterocycles. The van der Waals surface area contributed by atoms with Crippen LogP contribution in [0.5, 0.6) is 0 Å². The van der Waals surface area contributed by atoms with E-state index in [2.05, 4.69) is 25.2 Å². The second kappa shape index (κ2) is 6.74. The zero-order valence-corrected chi connectivity index (χ0v) is 17.8. The van der Waals surface area contributed by atoms with Crippen molar-refractivity contribution < 1.29 is 17.4 Å². The number of hydrogen-bond acceptors (Lipinski definition) is 11. The molecule has 4 aromatic heterocycles. The summed E-state index contributed by atoms with van der Waals surface area (Å²) in [5.41, 5.74) is 6.51. The maximum absolute atomic E-state index is 12.9. The molecule has 13 nitrogen and oxygen atoms in total. The number of nitrogens with two attached hydrogens (primary N) is 1. The van der Waals surface area contributed by atoms with Gasteiger partial charge in [-0.1, -0.05) is 5.16 Å². The van der Waals surface area contributed by atoms with Crippen LogP contribution in [-0.4, -0.2) is 67.6 Å². The Hall–Kier alpha value is -3.52. The molecule has 2 N–H and O–H groups in total. The minimum atomic E-state index is -3.52. The quantitative estimate of drug-likeness (QED) is 0.443. The van der Waals surface area contributed by atoms with Crippen molar-refractivity contribution in [3.63, 3.8) is 0 Å². The summed E-state index contributed by atoms with van der Waals surface area (Å²) in [4.78, 5) is 15.3. The summed E-state index contributed by atoms with van der Waals surface area (Å²) in [6.45, 7) is 2.55. The van der Waals surface area contributed by atoms with Gasteiger partial charge in [0.2, 0.25) is 27.7 Å². The van der Waals surface area contributed by atoms with E-state index < -0.39 is 10.0 Å². The minimum absolute atomic E-state index is 0.0527. The molecule has 6 heterocycles. The molecular weight excluding hydrogens is 438 g/mol.